The second-order valence-corrected chi connectivity index (χ2v) is 8.25. The van der Waals surface area contributed by atoms with E-state index in [1.54, 1.807) is 0 Å². The van der Waals surface area contributed by atoms with E-state index >= 15 is 0 Å². The molecule has 2 saturated heterocycles. The molecule has 0 bridgehead atoms. The molecule has 7 heteroatoms. The van der Waals surface area contributed by atoms with Crippen molar-refractivity contribution in [3.8, 4) is 0 Å². The highest BCUT2D eigenvalue weighted by Gasteiger charge is 2.23. The summed E-state index contributed by atoms with van der Waals surface area (Å²) in [6.45, 7) is 13.3. The molecule has 0 radical (unpaired) electrons. The Hall–Kier alpha value is -1.09. The normalized spacial score (nSPS) is 21.6. The van der Waals surface area contributed by atoms with E-state index in [4.69, 9.17) is 0 Å². The largest absolute Gasteiger partial charge is 0.356 e. The van der Waals surface area contributed by atoms with E-state index in [1.807, 2.05) is 19.3 Å². The molecule has 1 unspecified atom stereocenters. The lowest BCUT2D eigenvalue weighted by atomic mass is 9.97. The summed E-state index contributed by atoms with van der Waals surface area (Å²) in [6, 6.07) is 6.12. The van der Waals surface area contributed by atoms with Gasteiger partial charge in [-0.2, -0.15) is 0 Å². The summed E-state index contributed by atoms with van der Waals surface area (Å²) in [4.78, 5) is 16.4. The van der Waals surface area contributed by atoms with Crippen molar-refractivity contribution in [3.05, 3.63) is 24.4 Å². The Morgan fingerprint density at radius 3 is 2.64 bits per heavy atom. The molecular weight excluding hydrogens is 463 g/mol. The molecule has 0 spiro atoms. The van der Waals surface area contributed by atoms with Gasteiger partial charge in [-0.25, -0.2) is 4.98 Å². The van der Waals surface area contributed by atoms with Gasteiger partial charge in [0.05, 0.1) is 0 Å². The first kappa shape index (κ1) is 23.2. The van der Waals surface area contributed by atoms with Crippen LogP contribution in [0.2, 0.25) is 0 Å². The molecule has 0 saturated carbocycles. The number of hydrogen-bond donors (Lipinski definition) is 1. The number of hydrogen-bond acceptors (Lipinski definition) is 4. The Morgan fingerprint density at radius 1 is 1.21 bits per heavy atom. The van der Waals surface area contributed by atoms with Crippen molar-refractivity contribution in [2.45, 2.75) is 26.7 Å². The molecule has 158 valence electrons. The number of rotatable bonds is 5. The minimum Gasteiger partial charge on any atom is -0.356 e. The zero-order valence-electron chi connectivity index (χ0n) is 17.7. The molecule has 28 heavy (non-hydrogen) atoms. The van der Waals surface area contributed by atoms with E-state index in [0.29, 0.717) is 0 Å². The van der Waals surface area contributed by atoms with E-state index in [9.17, 15) is 0 Å². The van der Waals surface area contributed by atoms with Crippen LogP contribution in [0.3, 0.4) is 0 Å². The Balaban J connectivity index is 0.00000280. The SMILES string of the molecule is CN=C(NCC1CCCN(CC(C)C)C1)N1CCN(c2ccccn2)CC1.I. The van der Waals surface area contributed by atoms with Gasteiger partial charge in [0, 0.05) is 59.1 Å². The highest BCUT2D eigenvalue weighted by atomic mass is 127. The van der Waals surface area contributed by atoms with Crippen LogP contribution in [-0.4, -0.2) is 80.1 Å². The fourth-order valence-corrected chi connectivity index (χ4v) is 4.26. The maximum absolute atomic E-state index is 4.55. The highest BCUT2D eigenvalue weighted by molar-refractivity contribution is 14.0. The molecule has 1 atom stereocenters. The van der Waals surface area contributed by atoms with E-state index in [2.05, 4.69) is 56.0 Å². The molecule has 2 fully saturated rings. The molecule has 1 N–H and O–H groups in total. The predicted molar refractivity (Wildman–Crippen MR) is 129 cm³/mol. The van der Waals surface area contributed by atoms with Crippen molar-refractivity contribution in [1.82, 2.24) is 20.1 Å². The molecule has 6 nitrogen and oxygen atoms in total. The number of guanidine groups is 1. The van der Waals surface area contributed by atoms with E-state index < -0.39 is 0 Å². The number of aliphatic imine (C=N–C) groups is 1. The lowest BCUT2D eigenvalue weighted by Gasteiger charge is -2.38. The fraction of sp³-hybridized carbons (Fsp3) is 0.714. The monoisotopic (exact) mass is 500 g/mol. The van der Waals surface area contributed by atoms with Gasteiger partial charge in [-0.1, -0.05) is 19.9 Å². The third kappa shape index (κ3) is 6.76. The van der Waals surface area contributed by atoms with Crippen molar-refractivity contribution in [2.24, 2.45) is 16.8 Å². The minimum absolute atomic E-state index is 0. The maximum Gasteiger partial charge on any atom is 0.193 e. The van der Waals surface area contributed by atoms with Crippen molar-refractivity contribution in [3.63, 3.8) is 0 Å². The molecular formula is C21H37IN6. The second kappa shape index (κ2) is 11.8. The average molecular weight is 500 g/mol. The van der Waals surface area contributed by atoms with Gasteiger partial charge in [0.15, 0.2) is 5.96 Å². The summed E-state index contributed by atoms with van der Waals surface area (Å²) in [5.74, 6) is 3.60. The van der Waals surface area contributed by atoms with Gasteiger partial charge in [0.2, 0.25) is 0 Å². The summed E-state index contributed by atoms with van der Waals surface area (Å²) in [7, 11) is 1.90. The molecule has 2 aliphatic rings. The van der Waals surface area contributed by atoms with Crippen molar-refractivity contribution >= 4 is 35.8 Å². The number of likely N-dealkylation sites (tertiary alicyclic amines) is 1. The summed E-state index contributed by atoms with van der Waals surface area (Å²) in [5, 5.41) is 3.65. The van der Waals surface area contributed by atoms with Crippen molar-refractivity contribution < 1.29 is 0 Å². The van der Waals surface area contributed by atoms with Gasteiger partial charge in [-0.15, -0.1) is 24.0 Å². The first-order valence-corrected chi connectivity index (χ1v) is 10.5. The summed E-state index contributed by atoms with van der Waals surface area (Å²) >= 11 is 0. The summed E-state index contributed by atoms with van der Waals surface area (Å²) in [6.07, 6.45) is 4.52. The van der Waals surface area contributed by atoms with Crippen LogP contribution in [-0.2, 0) is 0 Å². The number of piperidine rings is 1. The van der Waals surface area contributed by atoms with E-state index in [-0.39, 0.29) is 24.0 Å². The van der Waals surface area contributed by atoms with Crippen LogP contribution in [0.25, 0.3) is 0 Å². The Bertz CT molecular complexity index is 586. The van der Waals surface area contributed by atoms with Crippen molar-refractivity contribution in [2.75, 3.05) is 64.3 Å². The van der Waals surface area contributed by atoms with Crippen LogP contribution in [0.1, 0.15) is 26.7 Å². The molecule has 0 amide bonds. The van der Waals surface area contributed by atoms with Crippen LogP contribution >= 0.6 is 24.0 Å². The Morgan fingerprint density at radius 2 is 2.00 bits per heavy atom. The Labute approximate surface area is 187 Å². The number of anilines is 1. The Kier molecular flexibility index (Phi) is 9.77. The minimum atomic E-state index is 0. The smallest absolute Gasteiger partial charge is 0.193 e. The molecule has 1 aromatic rings. The molecule has 3 rings (SSSR count). The number of halogens is 1. The van der Waals surface area contributed by atoms with Crippen LogP contribution in [0.5, 0.6) is 0 Å². The quantitative estimate of drug-likeness (QED) is 0.383. The van der Waals surface area contributed by atoms with Crippen LogP contribution in [0.4, 0.5) is 5.82 Å². The molecule has 0 aromatic carbocycles. The molecule has 3 heterocycles. The van der Waals surface area contributed by atoms with E-state index in [0.717, 1.165) is 56.3 Å². The third-order valence-corrected chi connectivity index (χ3v) is 5.54. The van der Waals surface area contributed by atoms with E-state index in [1.165, 1.54) is 32.5 Å². The first-order valence-electron chi connectivity index (χ1n) is 10.5. The van der Waals surface area contributed by atoms with Gasteiger partial charge in [-0.05, 0) is 43.4 Å². The summed E-state index contributed by atoms with van der Waals surface area (Å²) in [5.41, 5.74) is 0. The van der Waals surface area contributed by atoms with Gasteiger partial charge in [0.1, 0.15) is 5.82 Å². The second-order valence-electron chi connectivity index (χ2n) is 8.25. The van der Waals surface area contributed by atoms with Gasteiger partial charge in [-0.3, -0.25) is 4.99 Å². The van der Waals surface area contributed by atoms with Crippen LogP contribution < -0.4 is 10.2 Å². The number of piperazine rings is 1. The fourth-order valence-electron chi connectivity index (χ4n) is 4.26. The zero-order chi connectivity index (χ0) is 19.1. The lowest BCUT2D eigenvalue weighted by molar-refractivity contribution is 0.159. The molecule has 0 aliphatic carbocycles. The van der Waals surface area contributed by atoms with Crippen LogP contribution in [0.15, 0.2) is 29.4 Å². The lowest BCUT2D eigenvalue weighted by Crippen LogP contribution is -2.53. The van der Waals surface area contributed by atoms with Gasteiger partial charge in [0.25, 0.3) is 0 Å². The summed E-state index contributed by atoms with van der Waals surface area (Å²) < 4.78 is 0. The number of aromatic nitrogens is 1. The standard InChI is InChI=1S/C21H36N6.HI/c1-18(2)16-25-10-6-7-19(17-25)15-24-21(22-3)27-13-11-26(12-14-27)20-8-4-5-9-23-20;/h4-5,8-9,18-19H,6-7,10-17H2,1-3H3,(H,22,24);1H. The predicted octanol–water partition coefficient (Wildman–Crippen LogP) is 2.77. The highest BCUT2D eigenvalue weighted by Crippen LogP contribution is 2.17. The topological polar surface area (TPSA) is 47.0 Å². The maximum atomic E-state index is 4.55. The van der Waals surface area contributed by atoms with Crippen molar-refractivity contribution in [1.29, 1.82) is 0 Å². The number of pyridine rings is 1. The zero-order valence-corrected chi connectivity index (χ0v) is 20.0. The molecule has 2 aliphatic heterocycles. The molecule has 1 aromatic heterocycles. The first-order chi connectivity index (χ1) is 13.2. The van der Waals surface area contributed by atoms with Gasteiger partial charge >= 0.3 is 0 Å². The third-order valence-electron chi connectivity index (χ3n) is 5.54. The number of nitrogens with zero attached hydrogens (tertiary/aromatic N) is 5. The number of nitrogens with one attached hydrogen (secondary N) is 1. The van der Waals surface area contributed by atoms with Gasteiger partial charge < -0.3 is 20.0 Å². The average Bonchev–Trinajstić information content (AvgIpc) is 2.69. The van der Waals surface area contributed by atoms with Crippen LogP contribution in [0, 0.1) is 11.8 Å².